The van der Waals surface area contributed by atoms with Gasteiger partial charge in [-0.15, -0.1) is 0 Å². The van der Waals surface area contributed by atoms with Crippen molar-refractivity contribution in [3.63, 3.8) is 0 Å². The number of amides is 3. The molecule has 28 heavy (non-hydrogen) atoms. The van der Waals surface area contributed by atoms with Gasteiger partial charge in [-0.05, 0) is 45.1 Å². The largest absolute Gasteiger partial charge is 0.480 e. The molecule has 0 aromatic heterocycles. The van der Waals surface area contributed by atoms with E-state index < -0.39 is 30.0 Å². The van der Waals surface area contributed by atoms with Crippen molar-refractivity contribution in [1.82, 2.24) is 20.9 Å². The van der Waals surface area contributed by atoms with Crippen molar-refractivity contribution in [2.24, 2.45) is 5.92 Å². The average molecular weight is 396 g/mol. The summed E-state index contributed by atoms with van der Waals surface area (Å²) in [6.07, 6.45) is 3.43. The number of hydrogen-bond acceptors (Lipinski definition) is 5. The highest BCUT2D eigenvalue weighted by Crippen LogP contribution is 2.20. The number of rotatable bonds is 8. The summed E-state index contributed by atoms with van der Waals surface area (Å²) in [6, 6.07) is -2.71. The van der Waals surface area contributed by atoms with Gasteiger partial charge >= 0.3 is 5.97 Å². The zero-order valence-electron chi connectivity index (χ0n) is 16.9. The quantitative estimate of drug-likeness (QED) is 0.452. The van der Waals surface area contributed by atoms with Crippen LogP contribution in [0.25, 0.3) is 0 Å². The first-order valence-electron chi connectivity index (χ1n) is 10.1. The van der Waals surface area contributed by atoms with Crippen LogP contribution in [0.5, 0.6) is 0 Å². The standard InChI is InChI=1S/C19H32N4O5/c1-4-11(2)15(19(27)28)22-17(25)14-8-6-10-23(14)18(26)12(3)21-16(24)13-7-5-9-20-13/h11-15,20H,4-10H2,1-3H3,(H,21,24)(H,22,25)(H,27,28). The van der Waals surface area contributed by atoms with E-state index in [9.17, 15) is 24.3 Å². The molecule has 4 N–H and O–H groups in total. The van der Waals surface area contributed by atoms with Crippen molar-refractivity contribution in [3.8, 4) is 0 Å². The smallest absolute Gasteiger partial charge is 0.326 e. The van der Waals surface area contributed by atoms with Crippen LogP contribution in [0.3, 0.4) is 0 Å². The van der Waals surface area contributed by atoms with E-state index in [-0.39, 0.29) is 23.8 Å². The number of hydrogen-bond donors (Lipinski definition) is 4. The third-order valence-electron chi connectivity index (χ3n) is 5.72. The lowest BCUT2D eigenvalue weighted by molar-refractivity contribution is -0.145. The molecular weight excluding hydrogens is 364 g/mol. The van der Waals surface area contributed by atoms with Gasteiger partial charge in [-0.2, -0.15) is 0 Å². The Kier molecular flexibility index (Phi) is 7.79. The molecule has 2 aliphatic rings. The van der Waals surface area contributed by atoms with E-state index >= 15 is 0 Å². The molecule has 2 saturated heterocycles. The minimum Gasteiger partial charge on any atom is -0.480 e. The zero-order chi connectivity index (χ0) is 20.8. The average Bonchev–Trinajstić information content (AvgIpc) is 3.35. The van der Waals surface area contributed by atoms with Gasteiger partial charge in [0.05, 0.1) is 6.04 Å². The van der Waals surface area contributed by atoms with Crippen LogP contribution in [0, 0.1) is 5.92 Å². The molecule has 9 nitrogen and oxygen atoms in total. The zero-order valence-corrected chi connectivity index (χ0v) is 16.9. The van der Waals surface area contributed by atoms with Crippen molar-refractivity contribution >= 4 is 23.7 Å². The summed E-state index contributed by atoms with van der Waals surface area (Å²) in [5.41, 5.74) is 0. The third-order valence-corrected chi connectivity index (χ3v) is 5.72. The van der Waals surface area contributed by atoms with E-state index in [2.05, 4.69) is 16.0 Å². The first-order valence-corrected chi connectivity index (χ1v) is 10.1. The van der Waals surface area contributed by atoms with Gasteiger partial charge in [0.15, 0.2) is 0 Å². The van der Waals surface area contributed by atoms with E-state index in [4.69, 9.17) is 0 Å². The molecule has 158 valence electrons. The van der Waals surface area contributed by atoms with Crippen LogP contribution in [0.1, 0.15) is 52.9 Å². The molecule has 0 aliphatic carbocycles. The van der Waals surface area contributed by atoms with Crippen LogP contribution in [0.15, 0.2) is 0 Å². The molecule has 2 heterocycles. The molecule has 2 fully saturated rings. The molecular formula is C19H32N4O5. The van der Waals surface area contributed by atoms with Crippen molar-refractivity contribution in [2.75, 3.05) is 13.1 Å². The second-order valence-corrected chi connectivity index (χ2v) is 7.78. The summed E-state index contributed by atoms with van der Waals surface area (Å²) in [6.45, 7) is 6.45. The summed E-state index contributed by atoms with van der Waals surface area (Å²) in [7, 11) is 0. The van der Waals surface area contributed by atoms with Crippen LogP contribution in [-0.2, 0) is 19.2 Å². The van der Waals surface area contributed by atoms with Crippen molar-refractivity contribution in [1.29, 1.82) is 0 Å². The summed E-state index contributed by atoms with van der Waals surface area (Å²) < 4.78 is 0. The second kappa shape index (κ2) is 9.86. The minimum absolute atomic E-state index is 0.207. The monoisotopic (exact) mass is 396 g/mol. The number of carboxylic acids is 1. The van der Waals surface area contributed by atoms with Gasteiger partial charge in [-0.3, -0.25) is 14.4 Å². The van der Waals surface area contributed by atoms with Crippen molar-refractivity contribution in [2.45, 2.75) is 77.0 Å². The van der Waals surface area contributed by atoms with Crippen LogP contribution < -0.4 is 16.0 Å². The van der Waals surface area contributed by atoms with Gasteiger partial charge in [0.2, 0.25) is 17.7 Å². The number of nitrogens with zero attached hydrogens (tertiary/aromatic N) is 1. The topological polar surface area (TPSA) is 128 Å². The van der Waals surface area contributed by atoms with E-state index in [1.54, 1.807) is 13.8 Å². The minimum atomic E-state index is -1.08. The maximum atomic E-state index is 12.8. The molecule has 3 amide bonds. The summed E-state index contributed by atoms with van der Waals surface area (Å²) >= 11 is 0. The summed E-state index contributed by atoms with van der Waals surface area (Å²) in [4.78, 5) is 50.7. The lowest BCUT2D eigenvalue weighted by Crippen LogP contribution is -2.56. The molecule has 2 rings (SSSR count). The Bertz CT molecular complexity index is 605. The van der Waals surface area contributed by atoms with Crippen LogP contribution >= 0.6 is 0 Å². The summed E-state index contributed by atoms with van der Waals surface area (Å²) in [5, 5.41) is 17.8. The highest BCUT2D eigenvalue weighted by atomic mass is 16.4. The number of carbonyl (C=O) groups excluding carboxylic acids is 3. The Morgan fingerprint density at radius 2 is 1.82 bits per heavy atom. The molecule has 0 spiro atoms. The van der Waals surface area contributed by atoms with Crippen LogP contribution in [0.2, 0.25) is 0 Å². The Hall–Kier alpha value is -2.16. The molecule has 5 unspecified atom stereocenters. The molecule has 0 bridgehead atoms. The van der Waals surface area contributed by atoms with E-state index in [1.165, 1.54) is 4.90 Å². The molecule has 2 aliphatic heterocycles. The van der Waals surface area contributed by atoms with Gasteiger partial charge in [0.25, 0.3) is 0 Å². The summed E-state index contributed by atoms with van der Waals surface area (Å²) in [5.74, 6) is -2.28. The molecule has 9 heteroatoms. The fraction of sp³-hybridized carbons (Fsp3) is 0.789. The fourth-order valence-electron chi connectivity index (χ4n) is 3.77. The van der Waals surface area contributed by atoms with Gasteiger partial charge < -0.3 is 26.0 Å². The lowest BCUT2D eigenvalue weighted by atomic mass is 9.98. The highest BCUT2D eigenvalue weighted by Gasteiger charge is 2.38. The van der Waals surface area contributed by atoms with Crippen molar-refractivity contribution < 1.29 is 24.3 Å². The number of likely N-dealkylation sites (tertiary alicyclic amines) is 1. The number of aliphatic carboxylic acids is 1. The third kappa shape index (κ3) is 5.21. The van der Waals surface area contributed by atoms with Crippen LogP contribution in [-0.4, -0.2) is 71.0 Å². The predicted octanol–water partition coefficient (Wildman–Crippen LogP) is -0.150. The van der Waals surface area contributed by atoms with Gasteiger partial charge in [0, 0.05) is 6.54 Å². The number of nitrogens with one attached hydrogen (secondary N) is 3. The second-order valence-electron chi connectivity index (χ2n) is 7.78. The van der Waals surface area contributed by atoms with E-state index in [1.807, 2.05) is 6.92 Å². The molecule has 0 radical (unpaired) electrons. The molecule has 0 aromatic rings. The molecule has 5 atom stereocenters. The first-order chi connectivity index (χ1) is 13.3. The predicted molar refractivity (Wildman–Crippen MR) is 102 cm³/mol. The SMILES string of the molecule is CCC(C)C(NC(=O)C1CCCN1C(=O)C(C)NC(=O)C1CCCN1)C(=O)O. The maximum Gasteiger partial charge on any atom is 0.326 e. The normalized spacial score (nSPS) is 25.0. The first kappa shape index (κ1) is 22.1. The fourth-order valence-corrected chi connectivity index (χ4v) is 3.77. The Labute approximate surface area is 165 Å². The molecule has 0 aromatic carbocycles. The van der Waals surface area contributed by atoms with E-state index in [0.29, 0.717) is 25.8 Å². The van der Waals surface area contributed by atoms with Gasteiger partial charge in [0.1, 0.15) is 18.1 Å². The highest BCUT2D eigenvalue weighted by molar-refractivity contribution is 5.94. The van der Waals surface area contributed by atoms with Gasteiger partial charge in [-0.1, -0.05) is 20.3 Å². The Morgan fingerprint density at radius 1 is 1.11 bits per heavy atom. The van der Waals surface area contributed by atoms with Crippen molar-refractivity contribution in [3.05, 3.63) is 0 Å². The Balaban J connectivity index is 1.98. The van der Waals surface area contributed by atoms with Crippen LogP contribution in [0.4, 0.5) is 0 Å². The van der Waals surface area contributed by atoms with Gasteiger partial charge in [-0.25, -0.2) is 4.79 Å². The molecule has 0 saturated carbocycles. The maximum absolute atomic E-state index is 12.8. The Morgan fingerprint density at radius 3 is 2.39 bits per heavy atom. The lowest BCUT2D eigenvalue weighted by Gasteiger charge is -2.29. The van der Waals surface area contributed by atoms with E-state index in [0.717, 1.165) is 19.4 Å². The number of carboxylic acid groups (broad SMARTS) is 1. The number of carbonyl (C=O) groups is 4.